The second-order valence-electron chi connectivity index (χ2n) is 4.67. The molecule has 0 aromatic heterocycles. The summed E-state index contributed by atoms with van der Waals surface area (Å²) in [6.07, 6.45) is 1.68. The maximum absolute atomic E-state index is 12.2. The van der Waals surface area contributed by atoms with E-state index in [1.165, 1.54) is 0 Å². The van der Waals surface area contributed by atoms with Gasteiger partial charge in [-0.3, -0.25) is 4.79 Å². The predicted octanol–water partition coefficient (Wildman–Crippen LogP) is 1.15. The molecule has 1 fully saturated rings. The molecule has 3 heteroatoms. The molecule has 1 heterocycles. The summed E-state index contributed by atoms with van der Waals surface area (Å²) in [6, 6.07) is 0. The Morgan fingerprint density at radius 1 is 1.56 bits per heavy atom. The number of hydrogen-bond acceptors (Lipinski definition) is 2. The smallest absolute Gasteiger partial charge is 0.227 e. The van der Waals surface area contributed by atoms with Crippen LogP contribution >= 0.6 is 0 Å². The molecule has 1 amide bonds. The van der Waals surface area contributed by atoms with Crippen LogP contribution in [0.15, 0.2) is 0 Å². The maximum Gasteiger partial charge on any atom is 0.227 e. The van der Waals surface area contributed by atoms with E-state index in [1.54, 1.807) is 0 Å². The van der Waals surface area contributed by atoms with Crippen molar-refractivity contribution in [3.63, 3.8) is 0 Å². The van der Waals surface area contributed by atoms with Crippen molar-refractivity contribution in [1.82, 2.24) is 10.6 Å². The van der Waals surface area contributed by atoms with Gasteiger partial charge in [-0.15, -0.1) is 11.8 Å². The Morgan fingerprint density at radius 2 is 2.31 bits per heavy atom. The average Bonchev–Trinajstić information content (AvgIpc) is 2.74. The van der Waals surface area contributed by atoms with E-state index < -0.39 is 0 Å². The van der Waals surface area contributed by atoms with Crippen LogP contribution in [-0.4, -0.2) is 25.5 Å². The number of rotatable bonds is 4. The van der Waals surface area contributed by atoms with Gasteiger partial charge in [0, 0.05) is 19.5 Å². The minimum Gasteiger partial charge on any atom is -0.355 e. The van der Waals surface area contributed by atoms with Crippen LogP contribution in [0, 0.1) is 23.2 Å². The van der Waals surface area contributed by atoms with Crippen molar-refractivity contribution in [1.29, 1.82) is 0 Å². The molecule has 16 heavy (non-hydrogen) atoms. The predicted molar refractivity (Wildman–Crippen MR) is 65.8 cm³/mol. The summed E-state index contributed by atoms with van der Waals surface area (Å²) in [4.78, 5) is 12.2. The molecule has 1 atom stereocenters. The molecule has 1 aliphatic heterocycles. The Kier molecular flexibility index (Phi) is 4.82. The Bertz CT molecular complexity index is 293. The summed E-state index contributed by atoms with van der Waals surface area (Å²) in [5.41, 5.74) is -0.209. The van der Waals surface area contributed by atoms with Gasteiger partial charge in [-0.1, -0.05) is 13.8 Å². The third-order valence-electron chi connectivity index (χ3n) is 3.46. The van der Waals surface area contributed by atoms with Gasteiger partial charge in [0.15, 0.2) is 0 Å². The van der Waals surface area contributed by atoms with Gasteiger partial charge >= 0.3 is 0 Å². The highest BCUT2D eigenvalue weighted by atomic mass is 16.2. The van der Waals surface area contributed by atoms with E-state index >= 15 is 0 Å². The van der Waals surface area contributed by atoms with Gasteiger partial charge in [-0.2, -0.15) is 0 Å². The lowest BCUT2D eigenvalue weighted by molar-refractivity contribution is -0.132. The zero-order valence-corrected chi connectivity index (χ0v) is 10.5. The summed E-state index contributed by atoms with van der Waals surface area (Å²) in [7, 11) is 0. The minimum atomic E-state index is -0.209. The van der Waals surface area contributed by atoms with E-state index in [1.807, 2.05) is 6.92 Å². The van der Waals surface area contributed by atoms with Gasteiger partial charge in [0.25, 0.3) is 0 Å². The Labute approximate surface area is 98.4 Å². The van der Waals surface area contributed by atoms with Gasteiger partial charge in [0.1, 0.15) is 0 Å². The minimum absolute atomic E-state index is 0.186. The van der Waals surface area contributed by atoms with E-state index in [-0.39, 0.29) is 11.3 Å². The SMILES string of the molecule is CC#CCCNC(=O)C1(C(C)C)CCNC1. The lowest BCUT2D eigenvalue weighted by Gasteiger charge is -2.30. The van der Waals surface area contributed by atoms with Crippen molar-refractivity contribution in [2.45, 2.75) is 33.6 Å². The Balaban J connectivity index is 2.51. The fraction of sp³-hybridized carbons (Fsp3) is 0.769. The molecular formula is C13H22N2O. The Hall–Kier alpha value is -1.01. The fourth-order valence-electron chi connectivity index (χ4n) is 2.20. The van der Waals surface area contributed by atoms with Crippen molar-refractivity contribution >= 4 is 5.91 Å². The van der Waals surface area contributed by atoms with E-state index in [0.29, 0.717) is 12.5 Å². The average molecular weight is 222 g/mol. The van der Waals surface area contributed by atoms with Crippen LogP contribution in [0.5, 0.6) is 0 Å². The summed E-state index contributed by atoms with van der Waals surface area (Å²) in [5.74, 6) is 6.35. The van der Waals surface area contributed by atoms with E-state index in [4.69, 9.17) is 0 Å². The van der Waals surface area contributed by atoms with E-state index in [2.05, 4.69) is 36.3 Å². The molecule has 0 aliphatic carbocycles. The van der Waals surface area contributed by atoms with Crippen LogP contribution < -0.4 is 10.6 Å². The molecular weight excluding hydrogens is 200 g/mol. The van der Waals surface area contributed by atoms with Crippen LogP contribution in [0.3, 0.4) is 0 Å². The molecule has 1 saturated heterocycles. The molecule has 2 N–H and O–H groups in total. The molecule has 0 aromatic rings. The quantitative estimate of drug-likeness (QED) is 0.553. The molecule has 0 saturated carbocycles. The lowest BCUT2D eigenvalue weighted by atomic mass is 9.75. The van der Waals surface area contributed by atoms with Crippen LogP contribution in [0.1, 0.15) is 33.6 Å². The maximum atomic E-state index is 12.2. The summed E-state index contributed by atoms with van der Waals surface area (Å²) >= 11 is 0. The van der Waals surface area contributed by atoms with Gasteiger partial charge in [-0.25, -0.2) is 0 Å². The molecule has 0 spiro atoms. The van der Waals surface area contributed by atoms with Gasteiger partial charge < -0.3 is 10.6 Å². The lowest BCUT2D eigenvalue weighted by Crippen LogP contribution is -2.46. The molecule has 0 aromatic carbocycles. The van der Waals surface area contributed by atoms with Crippen LogP contribution in [0.4, 0.5) is 0 Å². The van der Waals surface area contributed by atoms with Crippen molar-refractivity contribution in [2.75, 3.05) is 19.6 Å². The summed E-state index contributed by atoms with van der Waals surface area (Å²) < 4.78 is 0. The first-order chi connectivity index (χ1) is 7.63. The van der Waals surface area contributed by atoms with E-state index in [9.17, 15) is 4.79 Å². The standard InChI is InChI=1S/C13H22N2O/c1-4-5-6-8-15-12(16)13(11(2)3)7-9-14-10-13/h11,14H,6-10H2,1-3H3,(H,15,16). The normalized spacial score (nSPS) is 24.0. The first-order valence-corrected chi connectivity index (χ1v) is 6.02. The first kappa shape index (κ1) is 13.1. The number of carbonyl (C=O) groups excluding carboxylic acids is 1. The number of amides is 1. The highest BCUT2D eigenvalue weighted by Crippen LogP contribution is 2.34. The molecule has 0 radical (unpaired) electrons. The van der Waals surface area contributed by atoms with Crippen molar-refractivity contribution in [3.05, 3.63) is 0 Å². The summed E-state index contributed by atoms with van der Waals surface area (Å²) in [6.45, 7) is 8.47. The van der Waals surface area contributed by atoms with Crippen LogP contribution in [0.25, 0.3) is 0 Å². The third kappa shape index (κ3) is 2.76. The van der Waals surface area contributed by atoms with Gasteiger partial charge in [-0.05, 0) is 25.8 Å². The Morgan fingerprint density at radius 3 is 2.81 bits per heavy atom. The highest BCUT2D eigenvalue weighted by molar-refractivity contribution is 5.83. The second-order valence-corrected chi connectivity index (χ2v) is 4.67. The largest absolute Gasteiger partial charge is 0.355 e. The topological polar surface area (TPSA) is 41.1 Å². The highest BCUT2D eigenvalue weighted by Gasteiger charge is 2.43. The van der Waals surface area contributed by atoms with Crippen molar-refractivity contribution < 1.29 is 4.79 Å². The zero-order valence-electron chi connectivity index (χ0n) is 10.5. The molecule has 3 nitrogen and oxygen atoms in total. The number of hydrogen-bond donors (Lipinski definition) is 2. The second kappa shape index (κ2) is 5.91. The van der Waals surface area contributed by atoms with Crippen molar-refractivity contribution in [2.24, 2.45) is 11.3 Å². The number of carbonyl (C=O) groups is 1. The first-order valence-electron chi connectivity index (χ1n) is 6.02. The van der Waals surface area contributed by atoms with Gasteiger partial charge in [0.05, 0.1) is 5.41 Å². The van der Waals surface area contributed by atoms with Gasteiger partial charge in [0.2, 0.25) is 5.91 Å². The molecule has 1 aliphatic rings. The summed E-state index contributed by atoms with van der Waals surface area (Å²) in [5, 5.41) is 6.29. The molecule has 1 rings (SSSR count). The monoisotopic (exact) mass is 222 g/mol. The molecule has 90 valence electrons. The molecule has 0 bridgehead atoms. The van der Waals surface area contributed by atoms with Crippen LogP contribution in [0.2, 0.25) is 0 Å². The molecule has 1 unspecified atom stereocenters. The fourth-order valence-corrected chi connectivity index (χ4v) is 2.20. The third-order valence-corrected chi connectivity index (χ3v) is 3.46. The van der Waals surface area contributed by atoms with Crippen molar-refractivity contribution in [3.8, 4) is 11.8 Å². The van der Waals surface area contributed by atoms with Crippen LogP contribution in [-0.2, 0) is 4.79 Å². The zero-order chi connectivity index (χ0) is 12.0. The van der Waals surface area contributed by atoms with E-state index in [0.717, 1.165) is 25.9 Å². The number of nitrogens with one attached hydrogen (secondary N) is 2.